The molecule has 7 heteroatoms. The van der Waals surface area contributed by atoms with Crippen molar-refractivity contribution in [3.8, 4) is 11.5 Å². The van der Waals surface area contributed by atoms with Crippen LogP contribution in [0.25, 0.3) is 11.0 Å². The van der Waals surface area contributed by atoms with Gasteiger partial charge in [0.25, 0.3) is 5.91 Å². The Hall–Kier alpha value is -3.77. The predicted molar refractivity (Wildman–Crippen MR) is 118 cm³/mol. The Kier molecular flexibility index (Phi) is 4.23. The Balaban J connectivity index is 1.52. The van der Waals surface area contributed by atoms with E-state index in [1.807, 2.05) is 48.5 Å². The summed E-state index contributed by atoms with van der Waals surface area (Å²) in [7, 11) is 0. The number of carbonyl (C=O) groups excluding carboxylic acids is 1. The molecule has 0 saturated carbocycles. The van der Waals surface area contributed by atoms with E-state index in [9.17, 15) is 9.59 Å². The summed E-state index contributed by atoms with van der Waals surface area (Å²) in [5.41, 5.74) is 2.10. The smallest absolute Gasteiger partial charge is 0.291 e. The molecule has 32 heavy (non-hydrogen) atoms. The van der Waals surface area contributed by atoms with E-state index < -0.39 is 6.04 Å². The Morgan fingerprint density at radius 1 is 0.938 bits per heavy atom. The van der Waals surface area contributed by atoms with E-state index in [4.69, 9.17) is 25.5 Å². The van der Waals surface area contributed by atoms with E-state index in [1.54, 1.807) is 23.1 Å². The van der Waals surface area contributed by atoms with Crippen molar-refractivity contribution < 1.29 is 18.7 Å². The van der Waals surface area contributed by atoms with Crippen LogP contribution in [0.1, 0.15) is 33.3 Å². The van der Waals surface area contributed by atoms with Crippen molar-refractivity contribution in [2.75, 3.05) is 6.79 Å². The maximum Gasteiger partial charge on any atom is 0.291 e. The van der Waals surface area contributed by atoms with Gasteiger partial charge in [-0.1, -0.05) is 48.0 Å². The van der Waals surface area contributed by atoms with Crippen LogP contribution in [0.2, 0.25) is 5.02 Å². The average molecular weight is 446 g/mol. The number of ether oxygens (including phenoxy) is 2. The molecule has 0 radical (unpaired) electrons. The van der Waals surface area contributed by atoms with Gasteiger partial charge in [0.1, 0.15) is 5.58 Å². The first kappa shape index (κ1) is 19.0. The maximum absolute atomic E-state index is 13.5. The van der Waals surface area contributed by atoms with Crippen molar-refractivity contribution in [3.05, 3.63) is 104 Å². The lowest BCUT2D eigenvalue weighted by atomic mass is 9.98. The molecule has 1 atom stereocenters. The average Bonchev–Trinajstić information content (AvgIpc) is 3.38. The van der Waals surface area contributed by atoms with Crippen molar-refractivity contribution >= 4 is 28.5 Å². The normalized spacial score (nSPS) is 16.6. The minimum atomic E-state index is -0.580. The molecule has 0 aliphatic carbocycles. The molecule has 1 unspecified atom stereocenters. The van der Waals surface area contributed by atoms with E-state index in [0.29, 0.717) is 33.1 Å². The summed E-state index contributed by atoms with van der Waals surface area (Å²) in [5, 5.41) is 0.789. The van der Waals surface area contributed by atoms with Crippen LogP contribution >= 0.6 is 11.6 Å². The lowest BCUT2D eigenvalue weighted by Gasteiger charge is -2.25. The fourth-order valence-electron chi connectivity index (χ4n) is 4.37. The second kappa shape index (κ2) is 7.14. The van der Waals surface area contributed by atoms with Crippen molar-refractivity contribution in [2.45, 2.75) is 12.6 Å². The van der Waals surface area contributed by atoms with Crippen LogP contribution in [0.4, 0.5) is 0 Å². The highest BCUT2D eigenvalue weighted by molar-refractivity contribution is 6.31. The van der Waals surface area contributed by atoms with E-state index >= 15 is 0 Å². The van der Waals surface area contributed by atoms with Crippen LogP contribution in [0.3, 0.4) is 0 Å². The fraction of sp³-hybridized carbons (Fsp3) is 0.120. The molecular weight excluding hydrogens is 430 g/mol. The van der Waals surface area contributed by atoms with Gasteiger partial charge in [0.05, 0.1) is 17.0 Å². The first-order valence-corrected chi connectivity index (χ1v) is 10.5. The van der Waals surface area contributed by atoms with Gasteiger partial charge in [0.2, 0.25) is 12.6 Å². The van der Waals surface area contributed by atoms with E-state index in [-0.39, 0.29) is 30.4 Å². The Morgan fingerprint density at radius 2 is 1.75 bits per heavy atom. The van der Waals surface area contributed by atoms with Gasteiger partial charge < -0.3 is 18.8 Å². The molecule has 1 aromatic heterocycles. The Bertz CT molecular complexity index is 1450. The molecule has 6 nitrogen and oxygen atoms in total. The summed E-state index contributed by atoms with van der Waals surface area (Å²) < 4.78 is 16.8. The Labute approximate surface area is 187 Å². The monoisotopic (exact) mass is 445 g/mol. The van der Waals surface area contributed by atoms with Crippen molar-refractivity contribution in [1.29, 1.82) is 0 Å². The third-order valence-electron chi connectivity index (χ3n) is 5.83. The lowest BCUT2D eigenvalue weighted by molar-refractivity contribution is 0.0714. The van der Waals surface area contributed by atoms with Crippen molar-refractivity contribution in [3.63, 3.8) is 0 Å². The van der Waals surface area contributed by atoms with Crippen LogP contribution in [-0.4, -0.2) is 17.6 Å². The molecule has 0 N–H and O–H groups in total. The molecule has 6 rings (SSSR count). The summed E-state index contributed by atoms with van der Waals surface area (Å²) in [6.07, 6.45) is 0. The van der Waals surface area contributed by atoms with E-state index in [2.05, 4.69) is 0 Å². The number of benzene rings is 3. The molecule has 0 bridgehead atoms. The van der Waals surface area contributed by atoms with Gasteiger partial charge in [0.15, 0.2) is 16.9 Å². The number of hydrogen-bond acceptors (Lipinski definition) is 5. The maximum atomic E-state index is 13.5. The van der Waals surface area contributed by atoms with Crippen LogP contribution < -0.4 is 14.9 Å². The van der Waals surface area contributed by atoms with Crippen molar-refractivity contribution in [1.82, 2.24) is 4.90 Å². The van der Waals surface area contributed by atoms with Crippen molar-refractivity contribution in [2.24, 2.45) is 0 Å². The van der Waals surface area contributed by atoms with Gasteiger partial charge in [-0.25, -0.2) is 0 Å². The molecule has 2 aliphatic rings. The van der Waals surface area contributed by atoms with Gasteiger partial charge in [-0.3, -0.25) is 9.59 Å². The molecule has 0 saturated heterocycles. The summed E-state index contributed by atoms with van der Waals surface area (Å²) in [5.74, 6) is 1.04. The number of nitrogens with zero attached hydrogens (tertiary/aromatic N) is 1. The summed E-state index contributed by atoms with van der Waals surface area (Å²) in [6, 6.07) is 19.3. The van der Waals surface area contributed by atoms with Gasteiger partial charge in [-0.05, 0) is 41.5 Å². The standard InChI is InChI=1S/C25H16ClNO5/c26-16-7-9-18-17(11-16)23(28)21-22(15-4-2-1-3-5-15)27(25(29)24(21)32-18)12-14-6-8-19-20(10-14)31-13-30-19/h1-11,22H,12-13H2. The minimum absolute atomic E-state index is 0.0689. The Morgan fingerprint density at radius 3 is 2.59 bits per heavy atom. The second-order valence-corrected chi connectivity index (χ2v) is 8.18. The minimum Gasteiger partial charge on any atom is -0.454 e. The number of amides is 1. The number of halogens is 1. The quantitative estimate of drug-likeness (QED) is 0.447. The summed E-state index contributed by atoms with van der Waals surface area (Å²) >= 11 is 6.13. The molecule has 3 aromatic carbocycles. The van der Waals surface area contributed by atoms with Crippen LogP contribution in [0.5, 0.6) is 11.5 Å². The first-order valence-electron chi connectivity index (χ1n) is 10.1. The van der Waals surface area contributed by atoms with Gasteiger partial charge in [0, 0.05) is 11.6 Å². The number of rotatable bonds is 3. The van der Waals surface area contributed by atoms with Crippen LogP contribution in [-0.2, 0) is 6.54 Å². The van der Waals surface area contributed by atoms with E-state index in [1.165, 1.54) is 0 Å². The molecular formula is C25H16ClNO5. The lowest BCUT2D eigenvalue weighted by Crippen LogP contribution is -2.29. The fourth-order valence-corrected chi connectivity index (χ4v) is 4.55. The number of fused-ring (bicyclic) bond motifs is 3. The van der Waals surface area contributed by atoms with Gasteiger partial charge in [-0.15, -0.1) is 0 Å². The summed E-state index contributed by atoms with van der Waals surface area (Å²) in [4.78, 5) is 28.7. The topological polar surface area (TPSA) is 69.0 Å². The highest BCUT2D eigenvalue weighted by Gasteiger charge is 2.42. The van der Waals surface area contributed by atoms with Crippen LogP contribution in [0, 0.1) is 0 Å². The molecule has 3 heterocycles. The number of hydrogen-bond donors (Lipinski definition) is 0. The zero-order valence-electron chi connectivity index (χ0n) is 16.7. The highest BCUT2D eigenvalue weighted by atomic mass is 35.5. The molecule has 158 valence electrons. The third-order valence-corrected chi connectivity index (χ3v) is 6.07. The van der Waals surface area contributed by atoms with Crippen LogP contribution in [0.15, 0.2) is 75.9 Å². The molecule has 4 aromatic rings. The summed E-state index contributed by atoms with van der Waals surface area (Å²) in [6.45, 7) is 0.447. The largest absolute Gasteiger partial charge is 0.454 e. The zero-order chi connectivity index (χ0) is 21.8. The molecule has 0 fully saturated rings. The third kappa shape index (κ3) is 2.87. The molecule has 0 spiro atoms. The SMILES string of the molecule is O=C1c2oc3ccc(Cl)cc3c(=O)c2C(c2ccccc2)N1Cc1ccc2c(c1)OCO2. The highest BCUT2D eigenvalue weighted by Crippen LogP contribution is 2.40. The zero-order valence-corrected chi connectivity index (χ0v) is 17.5. The first-order chi connectivity index (χ1) is 15.6. The second-order valence-electron chi connectivity index (χ2n) is 7.75. The van der Waals surface area contributed by atoms with E-state index in [0.717, 1.165) is 11.1 Å². The molecule has 1 amide bonds. The number of carbonyl (C=O) groups is 1. The predicted octanol–water partition coefficient (Wildman–Crippen LogP) is 4.92. The van der Waals surface area contributed by atoms with Gasteiger partial charge >= 0.3 is 0 Å². The van der Waals surface area contributed by atoms with Gasteiger partial charge in [-0.2, -0.15) is 0 Å². The molecule has 2 aliphatic heterocycles.